The van der Waals surface area contributed by atoms with Gasteiger partial charge in [0.05, 0.1) is 24.8 Å². The van der Waals surface area contributed by atoms with Crippen LogP contribution >= 0.6 is 0 Å². The molecule has 0 aliphatic carbocycles. The first-order valence-corrected chi connectivity index (χ1v) is 11.2. The number of nitrogens with zero attached hydrogens (tertiary/aromatic N) is 2. The summed E-state index contributed by atoms with van der Waals surface area (Å²) in [6, 6.07) is 16.0. The van der Waals surface area contributed by atoms with Crippen LogP contribution < -0.4 is 9.47 Å². The molecule has 6 nitrogen and oxygen atoms in total. The molecule has 4 aromatic rings. The molecule has 0 spiro atoms. The summed E-state index contributed by atoms with van der Waals surface area (Å²) in [6.07, 6.45) is 3.07. The van der Waals surface area contributed by atoms with Crippen molar-refractivity contribution in [3.8, 4) is 34.0 Å². The lowest BCUT2D eigenvalue weighted by Gasteiger charge is -2.13. The molecule has 0 aliphatic rings. The molecule has 0 saturated carbocycles. The highest BCUT2D eigenvalue weighted by molar-refractivity contribution is 7.90. The van der Waals surface area contributed by atoms with Gasteiger partial charge in [0.1, 0.15) is 5.82 Å². The summed E-state index contributed by atoms with van der Waals surface area (Å²) < 4.78 is 53.1. The van der Waals surface area contributed by atoms with Crippen LogP contribution in [-0.4, -0.2) is 31.6 Å². The first kappa shape index (κ1) is 21.6. The van der Waals surface area contributed by atoms with Crippen LogP contribution in [0.3, 0.4) is 0 Å². The fourth-order valence-corrected chi connectivity index (χ4v) is 4.94. The molecule has 0 aliphatic heterocycles. The van der Waals surface area contributed by atoms with Gasteiger partial charge in [-0.3, -0.25) is 0 Å². The van der Waals surface area contributed by atoms with Gasteiger partial charge in [-0.15, -0.1) is 0 Å². The molecule has 4 rings (SSSR count). The third-order valence-corrected chi connectivity index (χ3v) is 6.70. The summed E-state index contributed by atoms with van der Waals surface area (Å²) in [6.45, 7) is 1.77. The highest BCUT2D eigenvalue weighted by Crippen LogP contribution is 2.33. The lowest BCUT2D eigenvalue weighted by Crippen LogP contribution is -2.13. The van der Waals surface area contributed by atoms with E-state index in [2.05, 4.69) is 4.98 Å². The molecule has 0 saturated heterocycles. The van der Waals surface area contributed by atoms with Crippen molar-refractivity contribution in [1.29, 1.82) is 0 Å². The molecule has 32 heavy (non-hydrogen) atoms. The van der Waals surface area contributed by atoms with Crippen LogP contribution in [0.4, 0.5) is 4.39 Å². The average Bonchev–Trinajstić information content (AvgIpc) is 3.21. The van der Waals surface area contributed by atoms with Crippen LogP contribution in [0.2, 0.25) is 0 Å². The van der Waals surface area contributed by atoms with E-state index in [0.29, 0.717) is 28.3 Å². The first-order chi connectivity index (χ1) is 15.3. The van der Waals surface area contributed by atoms with Gasteiger partial charge in [-0.25, -0.2) is 21.8 Å². The Balaban J connectivity index is 1.82. The van der Waals surface area contributed by atoms with Gasteiger partial charge in [0.15, 0.2) is 5.75 Å². The molecule has 0 bridgehead atoms. The van der Waals surface area contributed by atoms with E-state index in [9.17, 15) is 12.8 Å². The fourth-order valence-electron chi connectivity index (χ4n) is 3.47. The van der Waals surface area contributed by atoms with Gasteiger partial charge in [-0.1, -0.05) is 24.3 Å². The number of methoxy groups -OCH3 is 2. The number of rotatable bonds is 6. The van der Waals surface area contributed by atoms with Gasteiger partial charge in [-0.2, -0.15) is 0 Å². The van der Waals surface area contributed by atoms with E-state index in [0.717, 1.165) is 3.97 Å². The fraction of sp³-hybridized carbons (Fsp3) is 0.125. The van der Waals surface area contributed by atoms with Crippen LogP contribution in [0.5, 0.6) is 11.6 Å². The molecule has 0 amide bonds. The number of aryl methyl sites for hydroxylation is 1. The van der Waals surface area contributed by atoms with Crippen molar-refractivity contribution in [2.24, 2.45) is 0 Å². The Morgan fingerprint density at radius 3 is 2.44 bits per heavy atom. The van der Waals surface area contributed by atoms with Gasteiger partial charge in [0, 0.05) is 23.5 Å². The lowest BCUT2D eigenvalue weighted by atomic mass is 10.1. The molecular weight excluding hydrogens is 431 g/mol. The summed E-state index contributed by atoms with van der Waals surface area (Å²) in [5.74, 6) is 0.269. The van der Waals surface area contributed by atoms with Gasteiger partial charge < -0.3 is 9.47 Å². The molecule has 2 aromatic heterocycles. The van der Waals surface area contributed by atoms with Crippen LogP contribution in [-0.2, 0) is 10.0 Å². The van der Waals surface area contributed by atoms with E-state index in [1.54, 1.807) is 61.7 Å². The number of ether oxygens (including phenoxy) is 2. The highest BCUT2D eigenvalue weighted by Gasteiger charge is 2.23. The van der Waals surface area contributed by atoms with Crippen molar-refractivity contribution < 1.29 is 22.3 Å². The molecule has 164 valence electrons. The van der Waals surface area contributed by atoms with Gasteiger partial charge in [0.2, 0.25) is 0 Å². The monoisotopic (exact) mass is 452 g/mol. The molecule has 0 fully saturated rings. The molecule has 8 heteroatoms. The first-order valence-electron chi connectivity index (χ1n) is 9.73. The minimum absolute atomic E-state index is 0.0676. The van der Waals surface area contributed by atoms with E-state index >= 15 is 0 Å². The summed E-state index contributed by atoms with van der Waals surface area (Å²) in [5, 5.41) is 0. The highest BCUT2D eigenvalue weighted by atomic mass is 32.2. The molecule has 0 N–H and O–H groups in total. The molecule has 0 unspecified atom stereocenters. The van der Waals surface area contributed by atoms with E-state index in [1.165, 1.54) is 32.5 Å². The SMILES string of the molecule is COc1cc(-c2cccc(S(=O)(=O)n3cc(C)cc3-c3ccccc3F)c2)cnc1OC. The van der Waals surface area contributed by atoms with Crippen molar-refractivity contribution in [3.63, 3.8) is 0 Å². The van der Waals surface area contributed by atoms with E-state index in [-0.39, 0.29) is 16.2 Å². The Labute approximate surface area is 185 Å². The smallest absolute Gasteiger partial charge is 0.268 e. The largest absolute Gasteiger partial charge is 0.491 e. The maximum atomic E-state index is 14.4. The summed E-state index contributed by atoms with van der Waals surface area (Å²) in [4.78, 5) is 4.29. The Hall–Kier alpha value is -3.65. The molecule has 2 aromatic carbocycles. The summed E-state index contributed by atoms with van der Waals surface area (Å²) in [7, 11) is -1.01. The van der Waals surface area contributed by atoms with E-state index in [1.807, 2.05) is 0 Å². The van der Waals surface area contributed by atoms with Crippen LogP contribution in [0.15, 0.2) is 78.0 Å². The molecule has 0 radical (unpaired) electrons. The van der Waals surface area contributed by atoms with Crippen molar-refractivity contribution in [2.75, 3.05) is 14.2 Å². The number of pyridine rings is 1. The molecular formula is C24H21FN2O4S. The van der Waals surface area contributed by atoms with Gasteiger partial charge in [0.25, 0.3) is 15.9 Å². The second kappa shape index (κ2) is 8.47. The Bertz CT molecular complexity index is 1400. The maximum absolute atomic E-state index is 14.4. The Kier molecular flexibility index (Phi) is 5.71. The quantitative estimate of drug-likeness (QED) is 0.415. The lowest BCUT2D eigenvalue weighted by molar-refractivity contribution is 0.343. The van der Waals surface area contributed by atoms with Gasteiger partial charge >= 0.3 is 0 Å². The number of benzene rings is 2. The number of hydrogen-bond acceptors (Lipinski definition) is 5. The van der Waals surface area contributed by atoms with E-state index in [4.69, 9.17) is 9.47 Å². The Morgan fingerprint density at radius 2 is 1.72 bits per heavy atom. The minimum atomic E-state index is -4.00. The molecule has 0 atom stereocenters. The van der Waals surface area contributed by atoms with Crippen molar-refractivity contribution >= 4 is 10.0 Å². The van der Waals surface area contributed by atoms with Crippen molar-refractivity contribution in [1.82, 2.24) is 8.96 Å². The predicted octanol–water partition coefficient (Wildman–Crippen LogP) is 4.92. The van der Waals surface area contributed by atoms with Crippen LogP contribution in [0.25, 0.3) is 22.4 Å². The summed E-state index contributed by atoms with van der Waals surface area (Å²) >= 11 is 0. The van der Waals surface area contributed by atoms with Crippen molar-refractivity contribution in [2.45, 2.75) is 11.8 Å². The predicted molar refractivity (Wildman–Crippen MR) is 120 cm³/mol. The standard InChI is InChI=1S/C24H21FN2O4S/c1-16-11-22(20-9-4-5-10-21(20)25)27(15-16)32(28,29)19-8-6-7-17(12-19)18-13-23(30-2)24(31-3)26-14-18/h4-15H,1-3H3. The third-order valence-electron chi connectivity index (χ3n) is 5.03. The zero-order valence-corrected chi connectivity index (χ0v) is 18.6. The second-order valence-electron chi connectivity index (χ2n) is 7.15. The third kappa shape index (κ3) is 3.85. The maximum Gasteiger partial charge on any atom is 0.268 e. The second-order valence-corrected chi connectivity index (χ2v) is 8.96. The zero-order valence-electron chi connectivity index (χ0n) is 17.7. The zero-order chi connectivity index (χ0) is 22.9. The van der Waals surface area contributed by atoms with Gasteiger partial charge in [-0.05, 0) is 54.4 Å². The normalized spacial score (nSPS) is 11.4. The minimum Gasteiger partial charge on any atom is -0.491 e. The van der Waals surface area contributed by atoms with Crippen molar-refractivity contribution in [3.05, 3.63) is 84.4 Å². The number of hydrogen-bond donors (Lipinski definition) is 0. The molecule has 2 heterocycles. The average molecular weight is 453 g/mol. The van der Waals surface area contributed by atoms with Crippen LogP contribution in [0, 0.1) is 12.7 Å². The summed E-state index contributed by atoms with van der Waals surface area (Å²) in [5.41, 5.74) is 2.48. The Morgan fingerprint density at radius 1 is 0.938 bits per heavy atom. The topological polar surface area (TPSA) is 70.4 Å². The van der Waals surface area contributed by atoms with E-state index < -0.39 is 15.8 Å². The number of halogens is 1. The van der Waals surface area contributed by atoms with Crippen LogP contribution in [0.1, 0.15) is 5.56 Å². The number of aromatic nitrogens is 2.